The van der Waals surface area contributed by atoms with E-state index in [0.717, 1.165) is 16.3 Å². The van der Waals surface area contributed by atoms with Crippen molar-refractivity contribution in [3.63, 3.8) is 0 Å². The zero-order chi connectivity index (χ0) is 16.8. The fourth-order valence-electron chi connectivity index (χ4n) is 2.27. The average molecular weight is 318 g/mol. The lowest BCUT2D eigenvalue weighted by molar-refractivity contribution is 0.0927. The minimum Gasteiger partial charge on any atom is -0.480 e. The smallest absolute Gasteiger partial charge is 0.307 e. The van der Waals surface area contributed by atoms with E-state index in [1.807, 2.05) is 36.4 Å². The second-order valence-corrected chi connectivity index (χ2v) is 4.87. The standard InChI is InChI=1S/C19H14N2O3/c1-2-11-23-17-10-9-14-6-3-4-7-15(14)16(17)13-20-21-19(22)18-8-5-12-24-18/h1,3-10,12-13H,11H2,(H,21,22)/b20-13-. The molecule has 0 saturated carbocycles. The molecule has 0 atom stereocenters. The van der Waals surface area contributed by atoms with Gasteiger partial charge >= 0.3 is 5.91 Å². The Kier molecular flexibility index (Phi) is 4.59. The van der Waals surface area contributed by atoms with Crippen LogP contribution >= 0.6 is 0 Å². The molecule has 0 aliphatic carbocycles. The van der Waals surface area contributed by atoms with Crippen LogP contribution in [-0.4, -0.2) is 18.7 Å². The summed E-state index contributed by atoms with van der Waals surface area (Å²) in [5.74, 6) is 2.80. The fourth-order valence-corrected chi connectivity index (χ4v) is 2.27. The van der Waals surface area contributed by atoms with Crippen LogP contribution in [0.3, 0.4) is 0 Å². The van der Waals surface area contributed by atoms with Gasteiger partial charge in [-0.15, -0.1) is 6.42 Å². The average Bonchev–Trinajstić information content (AvgIpc) is 3.15. The first-order valence-electron chi connectivity index (χ1n) is 7.24. The molecule has 1 heterocycles. The van der Waals surface area contributed by atoms with Crippen LogP contribution in [-0.2, 0) is 0 Å². The van der Waals surface area contributed by atoms with Crippen molar-refractivity contribution < 1.29 is 13.9 Å². The molecule has 1 N–H and O–H groups in total. The molecule has 0 fully saturated rings. The summed E-state index contributed by atoms with van der Waals surface area (Å²) in [4.78, 5) is 11.8. The van der Waals surface area contributed by atoms with Crippen molar-refractivity contribution in [1.29, 1.82) is 0 Å². The first-order chi connectivity index (χ1) is 11.8. The van der Waals surface area contributed by atoms with E-state index in [4.69, 9.17) is 15.6 Å². The Hall–Kier alpha value is -3.52. The quantitative estimate of drug-likeness (QED) is 0.446. The maximum Gasteiger partial charge on any atom is 0.307 e. The van der Waals surface area contributed by atoms with Gasteiger partial charge in [-0.2, -0.15) is 5.10 Å². The number of carbonyl (C=O) groups excluding carboxylic acids is 1. The Morgan fingerprint density at radius 1 is 1.25 bits per heavy atom. The van der Waals surface area contributed by atoms with E-state index in [1.54, 1.807) is 12.1 Å². The lowest BCUT2D eigenvalue weighted by atomic mass is 10.0. The first-order valence-corrected chi connectivity index (χ1v) is 7.24. The molecule has 0 unspecified atom stereocenters. The van der Waals surface area contributed by atoms with Gasteiger partial charge in [0.1, 0.15) is 12.4 Å². The van der Waals surface area contributed by atoms with Gasteiger partial charge in [-0.25, -0.2) is 5.43 Å². The van der Waals surface area contributed by atoms with E-state index in [1.165, 1.54) is 12.5 Å². The van der Waals surface area contributed by atoms with Gasteiger partial charge in [0, 0.05) is 5.56 Å². The number of fused-ring (bicyclic) bond motifs is 1. The van der Waals surface area contributed by atoms with Crippen LogP contribution in [0.2, 0.25) is 0 Å². The highest BCUT2D eigenvalue weighted by Crippen LogP contribution is 2.26. The maximum absolute atomic E-state index is 11.8. The summed E-state index contributed by atoms with van der Waals surface area (Å²) in [6.07, 6.45) is 8.22. The number of ether oxygens (including phenoxy) is 1. The van der Waals surface area contributed by atoms with Crippen LogP contribution < -0.4 is 10.2 Å². The van der Waals surface area contributed by atoms with Crippen LogP contribution in [0.15, 0.2) is 64.3 Å². The predicted octanol–water partition coefficient (Wildman–Crippen LogP) is 3.21. The van der Waals surface area contributed by atoms with Crippen LogP contribution in [0.25, 0.3) is 10.8 Å². The molecule has 1 amide bonds. The third-order valence-electron chi connectivity index (χ3n) is 3.35. The molecule has 2 aromatic carbocycles. The molecule has 0 aliphatic heterocycles. The van der Waals surface area contributed by atoms with E-state index >= 15 is 0 Å². The Labute approximate surface area is 138 Å². The zero-order valence-corrected chi connectivity index (χ0v) is 12.7. The number of hydrazone groups is 1. The molecule has 0 aliphatic rings. The third-order valence-corrected chi connectivity index (χ3v) is 3.35. The highest BCUT2D eigenvalue weighted by Gasteiger charge is 2.09. The second-order valence-electron chi connectivity index (χ2n) is 4.87. The van der Waals surface area contributed by atoms with Crippen molar-refractivity contribution in [1.82, 2.24) is 5.43 Å². The Morgan fingerprint density at radius 3 is 2.92 bits per heavy atom. The van der Waals surface area contributed by atoms with Crippen molar-refractivity contribution in [3.8, 4) is 18.1 Å². The summed E-state index contributed by atoms with van der Waals surface area (Å²) < 4.78 is 10.6. The van der Waals surface area contributed by atoms with Crippen molar-refractivity contribution in [2.45, 2.75) is 0 Å². The summed E-state index contributed by atoms with van der Waals surface area (Å²) >= 11 is 0. The van der Waals surface area contributed by atoms with Crippen LogP contribution in [0, 0.1) is 12.3 Å². The molecule has 24 heavy (non-hydrogen) atoms. The van der Waals surface area contributed by atoms with Crippen molar-refractivity contribution >= 4 is 22.9 Å². The van der Waals surface area contributed by atoms with Gasteiger partial charge in [0.25, 0.3) is 0 Å². The molecule has 5 heteroatoms. The molecule has 1 aromatic heterocycles. The topological polar surface area (TPSA) is 63.8 Å². The van der Waals surface area contributed by atoms with E-state index in [-0.39, 0.29) is 12.4 Å². The number of nitrogens with one attached hydrogen (secondary N) is 1. The first kappa shape index (κ1) is 15.4. The molecule has 0 bridgehead atoms. The van der Waals surface area contributed by atoms with Crippen molar-refractivity contribution in [3.05, 3.63) is 66.1 Å². The van der Waals surface area contributed by atoms with Gasteiger partial charge < -0.3 is 9.15 Å². The van der Waals surface area contributed by atoms with Crippen molar-refractivity contribution in [2.24, 2.45) is 5.10 Å². The summed E-state index contributed by atoms with van der Waals surface area (Å²) in [6.45, 7) is 0.151. The Morgan fingerprint density at radius 2 is 2.12 bits per heavy atom. The van der Waals surface area contributed by atoms with Gasteiger partial charge in [-0.05, 0) is 29.0 Å². The van der Waals surface area contributed by atoms with E-state index < -0.39 is 5.91 Å². The molecule has 3 rings (SSSR count). The number of rotatable bonds is 5. The molecular weight excluding hydrogens is 304 g/mol. The normalized spacial score (nSPS) is 10.6. The number of hydrogen-bond acceptors (Lipinski definition) is 4. The van der Waals surface area contributed by atoms with Crippen LogP contribution in [0.5, 0.6) is 5.75 Å². The van der Waals surface area contributed by atoms with Gasteiger partial charge in [0.2, 0.25) is 0 Å². The molecular formula is C19H14N2O3. The Balaban J connectivity index is 1.89. The molecule has 118 valence electrons. The summed E-state index contributed by atoms with van der Waals surface area (Å²) in [5.41, 5.74) is 3.16. The van der Waals surface area contributed by atoms with Gasteiger partial charge in [0.05, 0.1) is 12.5 Å². The van der Waals surface area contributed by atoms with Gasteiger partial charge in [0.15, 0.2) is 5.76 Å². The molecule has 0 saturated heterocycles. The lowest BCUT2D eigenvalue weighted by Crippen LogP contribution is -2.16. The van der Waals surface area contributed by atoms with Gasteiger partial charge in [-0.1, -0.05) is 36.3 Å². The number of nitrogens with zero attached hydrogens (tertiary/aromatic N) is 1. The highest BCUT2D eigenvalue weighted by atomic mass is 16.5. The predicted molar refractivity (Wildman–Crippen MR) is 92.0 cm³/mol. The molecule has 0 radical (unpaired) electrons. The monoisotopic (exact) mass is 318 g/mol. The second kappa shape index (κ2) is 7.16. The van der Waals surface area contributed by atoms with Crippen LogP contribution in [0.4, 0.5) is 0 Å². The molecule has 5 nitrogen and oxygen atoms in total. The van der Waals surface area contributed by atoms with E-state index in [0.29, 0.717) is 5.75 Å². The molecule has 3 aromatic rings. The largest absolute Gasteiger partial charge is 0.480 e. The summed E-state index contributed by atoms with van der Waals surface area (Å²) in [5, 5.41) is 5.98. The van der Waals surface area contributed by atoms with E-state index in [9.17, 15) is 4.79 Å². The molecule has 0 spiro atoms. The number of amides is 1. The minimum atomic E-state index is -0.428. The summed E-state index contributed by atoms with van der Waals surface area (Å²) in [7, 11) is 0. The van der Waals surface area contributed by atoms with Gasteiger partial charge in [-0.3, -0.25) is 4.79 Å². The fraction of sp³-hybridized carbons (Fsp3) is 0.0526. The number of carbonyl (C=O) groups is 1. The maximum atomic E-state index is 11.8. The Bertz CT molecular complexity index is 921. The number of furan rings is 1. The third kappa shape index (κ3) is 3.28. The number of terminal acetylenes is 1. The number of hydrogen-bond donors (Lipinski definition) is 1. The van der Waals surface area contributed by atoms with Crippen LogP contribution in [0.1, 0.15) is 16.1 Å². The van der Waals surface area contributed by atoms with E-state index in [2.05, 4.69) is 16.4 Å². The summed E-state index contributed by atoms with van der Waals surface area (Å²) in [6, 6.07) is 14.8. The SMILES string of the molecule is C#CCOc1ccc2ccccc2c1/C=N\NC(=O)c1ccco1. The lowest BCUT2D eigenvalue weighted by Gasteiger charge is -2.09. The minimum absolute atomic E-state index is 0.151. The van der Waals surface area contributed by atoms with Crippen molar-refractivity contribution in [2.75, 3.05) is 6.61 Å². The number of benzene rings is 2. The zero-order valence-electron chi connectivity index (χ0n) is 12.7. The highest BCUT2D eigenvalue weighted by molar-refractivity contribution is 6.03.